The van der Waals surface area contributed by atoms with Gasteiger partial charge in [-0.3, -0.25) is 0 Å². The first-order valence-electron chi connectivity index (χ1n) is 9.12. The number of nitrogens with zero attached hydrogens (tertiary/aromatic N) is 1. The van der Waals surface area contributed by atoms with Crippen LogP contribution in [0, 0.1) is 0 Å². The van der Waals surface area contributed by atoms with Crippen LogP contribution in [0.2, 0.25) is 18.1 Å². The van der Waals surface area contributed by atoms with Gasteiger partial charge in [0.15, 0.2) is 14.1 Å². The minimum Gasteiger partial charge on any atom is -0.408 e. The Morgan fingerprint density at radius 3 is 2.15 bits per heavy atom. The second kappa shape index (κ2) is 7.95. The van der Waals surface area contributed by atoms with E-state index in [9.17, 15) is 4.21 Å². The van der Waals surface area contributed by atoms with Crippen LogP contribution >= 0.6 is 0 Å². The van der Waals surface area contributed by atoms with Gasteiger partial charge in [-0.25, -0.2) is 4.21 Å². The SMILES string of the molecule is C=C[C@@H](O[Si](C)(C)C(C)(C)C)[C@@H]1OC(C)(C)O[C@H]1/C=N/S(=O)C(C)(C)C. The molecule has 0 aromatic rings. The van der Waals surface area contributed by atoms with E-state index < -0.39 is 35.9 Å². The van der Waals surface area contributed by atoms with Crippen molar-refractivity contribution < 1.29 is 18.1 Å². The van der Waals surface area contributed by atoms with E-state index in [1.54, 1.807) is 12.3 Å². The van der Waals surface area contributed by atoms with Gasteiger partial charge in [-0.2, -0.15) is 4.40 Å². The van der Waals surface area contributed by atoms with E-state index in [-0.39, 0.29) is 17.2 Å². The molecule has 1 aliphatic rings. The standard InChI is InChI=1S/C19H37NO4SSi/c1-12-14(24-26(10,11)18(5,6)7)16-15(22-19(8,9)23-16)13-20-25(21)17(2,3)4/h12-16H,1H2,2-11H3/b20-13+/t14-,15+,16+,25?/m1/s1. The Bertz CT molecular complexity index is 561. The summed E-state index contributed by atoms with van der Waals surface area (Å²) in [6.07, 6.45) is 2.24. The first-order chi connectivity index (χ1) is 11.5. The molecular weight excluding hydrogens is 366 g/mol. The summed E-state index contributed by atoms with van der Waals surface area (Å²) in [6.45, 7) is 24.3. The molecule has 0 spiro atoms. The molecule has 0 aromatic heterocycles. The molecule has 152 valence electrons. The Kier molecular flexibility index (Phi) is 7.25. The Balaban J connectivity index is 3.06. The van der Waals surface area contributed by atoms with Crippen molar-refractivity contribution in [3.63, 3.8) is 0 Å². The van der Waals surface area contributed by atoms with Gasteiger partial charge in [-0.1, -0.05) is 26.8 Å². The van der Waals surface area contributed by atoms with Crippen molar-refractivity contribution in [2.75, 3.05) is 0 Å². The summed E-state index contributed by atoms with van der Waals surface area (Å²) >= 11 is 0. The maximum absolute atomic E-state index is 12.3. The molecule has 0 aliphatic carbocycles. The number of hydrogen-bond acceptors (Lipinski definition) is 4. The summed E-state index contributed by atoms with van der Waals surface area (Å²) in [4.78, 5) is 0. The van der Waals surface area contributed by atoms with E-state index in [2.05, 4.69) is 44.8 Å². The lowest BCUT2D eigenvalue weighted by Gasteiger charge is -2.40. The smallest absolute Gasteiger partial charge is 0.193 e. The van der Waals surface area contributed by atoms with Gasteiger partial charge in [0.05, 0.1) is 10.9 Å². The molecule has 5 nitrogen and oxygen atoms in total. The first-order valence-corrected chi connectivity index (χ1v) is 13.1. The molecule has 1 fully saturated rings. The summed E-state index contributed by atoms with van der Waals surface area (Å²) in [5, 5.41) is 0.0700. The van der Waals surface area contributed by atoms with Crippen LogP contribution in [0.4, 0.5) is 0 Å². The lowest BCUT2D eigenvalue weighted by atomic mass is 10.1. The molecule has 7 heteroatoms. The van der Waals surface area contributed by atoms with Crippen molar-refractivity contribution in [1.29, 1.82) is 0 Å². The number of hydrogen-bond donors (Lipinski definition) is 0. The Labute approximate surface area is 163 Å². The highest BCUT2D eigenvalue weighted by Crippen LogP contribution is 2.39. The van der Waals surface area contributed by atoms with Gasteiger partial charge in [-0.05, 0) is 52.8 Å². The highest BCUT2D eigenvalue weighted by molar-refractivity contribution is 7.85. The number of rotatable bonds is 6. The third kappa shape index (κ3) is 6.09. The largest absolute Gasteiger partial charge is 0.408 e. The van der Waals surface area contributed by atoms with Crippen LogP contribution in [0.1, 0.15) is 55.4 Å². The van der Waals surface area contributed by atoms with Crippen LogP contribution < -0.4 is 0 Å². The number of ether oxygens (including phenoxy) is 2. The maximum atomic E-state index is 12.3. The molecule has 0 saturated carbocycles. The lowest BCUT2D eigenvalue weighted by Crippen LogP contribution is -2.48. The highest BCUT2D eigenvalue weighted by atomic mass is 32.2. The predicted molar refractivity (Wildman–Crippen MR) is 112 cm³/mol. The average molecular weight is 404 g/mol. The molecule has 0 bridgehead atoms. The topological polar surface area (TPSA) is 57.1 Å². The first kappa shape index (κ1) is 23.7. The molecule has 4 atom stereocenters. The Hall–Kier alpha value is -0.343. The fourth-order valence-corrected chi connectivity index (χ4v) is 4.04. The third-order valence-corrected chi connectivity index (χ3v) is 10.6. The quantitative estimate of drug-likeness (QED) is 0.369. The zero-order valence-electron chi connectivity index (χ0n) is 18.1. The second-order valence-corrected chi connectivity index (χ2v) is 16.4. The van der Waals surface area contributed by atoms with Gasteiger partial charge in [0.1, 0.15) is 23.2 Å². The van der Waals surface area contributed by atoms with E-state index in [0.29, 0.717) is 0 Å². The van der Waals surface area contributed by atoms with Crippen LogP contribution in [0.15, 0.2) is 17.1 Å². The molecule has 1 saturated heterocycles. The van der Waals surface area contributed by atoms with Crippen LogP contribution in [-0.4, -0.2) is 47.6 Å². The lowest BCUT2D eigenvalue weighted by molar-refractivity contribution is -0.148. The summed E-state index contributed by atoms with van der Waals surface area (Å²) < 4.78 is 34.7. The van der Waals surface area contributed by atoms with Gasteiger partial charge >= 0.3 is 0 Å². The summed E-state index contributed by atoms with van der Waals surface area (Å²) in [7, 11) is -3.36. The van der Waals surface area contributed by atoms with E-state index in [0.717, 1.165) is 0 Å². The van der Waals surface area contributed by atoms with Gasteiger partial charge in [0.25, 0.3) is 0 Å². The van der Waals surface area contributed by atoms with Gasteiger partial charge in [-0.15, -0.1) is 6.58 Å². The van der Waals surface area contributed by atoms with E-state index in [1.807, 2.05) is 34.6 Å². The zero-order chi connectivity index (χ0) is 20.6. The predicted octanol–water partition coefficient (Wildman–Crippen LogP) is 4.62. The summed E-state index contributed by atoms with van der Waals surface area (Å²) in [5.41, 5.74) is 0. The Morgan fingerprint density at radius 1 is 1.19 bits per heavy atom. The van der Waals surface area contributed by atoms with Crippen molar-refractivity contribution in [3.8, 4) is 0 Å². The molecule has 1 rings (SSSR count). The van der Waals surface area contributed by atoms with Crippen LogP contribution in [0.5, 0.6) is 0 Å². The summed E-state index contributed by atoms with van der Waals surface area (Å²) in [6, 6.07) is 0. The van der Waals surface area contributed by atoms with Crippen molar-refractivity contribution >= 4 is 25.5 Å². The maximum Gasteiger partial charge on any atom is 0.193 e. The van der Waals surface area contributed by atoms with Crippen molar-refractivity contribution in [2.24, 2.45) is 4.40 Å². The Morgan fingerprint density at radius 2 is 1.73 bits per heavy atom. The highest BCUT2D eigenvalue weighted by Gasteiger charge is 2.47. The molecule has 1 aliphatic heterocycles. The zero-order valence-corrected chi connectivity index (χ0v) is 19.9. The van der Waals surface area contributed by atoms with Crippen LogP contribution in [0.25, 0.3) is 0 Å². The molecule has 0 aromatic carbocycles. The fourth-order valence-electron chi connectivity index (χ4n) is 2.23. The minimum atomic E-state index is -2.02. The van der Waals surface area contributed by atoms with E-state index >= 15 is 0 Å². The van der Waals surface area contributed by atoms with Crippen molar-refractivity contribution in [1.82, 2.24) is 0 Å². The normalized spacial score (nSPS) is 26.8. The molecule has 0 radical (unpaired) electrons. The molecule has 0 amide bonds. The van der Waals surface area contributed by atoms with Gasteiger partial charge in [0, 0.05) is 6.21 Å². The van der Waals surface area contributed by atoms with Crippen molar-refractivity contribution in [2.45, 2.75) is 102 Å². The van der Waals surface area contributed by atoms with E-state index in [4.69, 9.17) is 13.9 Å². The van der Waals surface area contributed by atoms with Crippen LogP contribution in [0.3, 0.4) is 0 Å². The fraction of sp³-hybridized carbons (Fsp3) is 0.842. The average Bonchev–Trinajstić information content (AvgIpc) is 2.74. The summed E-state index contributed by atoms with van der Waals surface area (Å²) in [5.74, 6) is -0.761. The van der Waals surface area contributed by atoms with Gasteiger partial charge < -0.3 is 13.9 Å². The molecule has 1 heterocycles. The third-order valence-electron chi connectivity index (χ3n) is 4.78. The minimum absolute atomic E-state index is 0.0700. The molecule has 26 heavy (non-hydrogen) atoms. The second-order valence-electron chi connectivity index (χ2n) is 9.76. The van der Waals surface area contributed by atoms with Crippen molar-refractivity contribution in [3.05, 3.63) is 12.7 Å². The molecule has 0 N–H and O–H groups in total. The van der Waals surface area contributed by atoms with Gasteiger partial charge in [0.2, 0.25) is 0 Å². The monoisotopic (exact) mass is 403 g/mol. The van der Waals surface area contributed by atoms with E-state index in [1.165, 1.54) is 0 Å². The molecule has 1 unspecified atom stereocenters. The molecular formula is C19H37NO4SSi. The van der Waals surface area contributed by atoms with Crippen LogP contribution in [-0.2, 0) is 24.9 Å².